The van der Waals surface area contributed by atoms with E-state index in [2.05, 4.69) is 35.2 Å². The zero-order chi connectivity index (χ0) is 21.5. The highest BCUT2D eigenvalue weighted by Crippen LogP contribution is 2.32. The quantitative estimate of drug-likeness (QED) is 0.577. The molecule has 2 N–H and O–H groups in total. The molecule has 2 aromatic heterocycles. The first kappa shape index (κ1) is 19.7. The smallest absolute Gasteiger partial charge is 0.272 e. The Morgan fingerprint density at radius 1 is 1.16 bits per heavy atom. The number of hydrogen-bond donors (Lipinski definition) is 2. The summed E-state index contributed by atoms with van der Waals surface area (Å²) in [7, 11) is 0. The van der Waals surface area contributed by atoms with Crippen molar-refractivity contribution in [1.29, 1.82) is 0 Å². The zero-order valence-corrected chi connectivity index (χ0v) is 16.2. The molecule has 0 aliphatic carbocycles. The first-order chi connectivity index (χ1) is 15.0. The zero-order valence-electron chi connectivity index (χ0n) is 16.2. The topological polar surface area (TPSA) is 75.2 Å². The lowest BCUT2D eigenvalue weighted by molar-refractivity contribution is 0.0795. The molecule has 31 heavy (non-hydrogen) atoms. The van der Waals surface area contributed by atoms with Crippen molar-refractivity contribution in [2.75, 3.05) is 29.9 Å². The summed E-state index contributed by atoms with van der Waals surface area (Å²) >= 11 is 0. The summed E-state index contributed by atoms with van der Waals surface area (Å²) in [6.07, 6.45) is -0.447. The maximum absolute atomic E-state index is 14.5. The summed E-state index contributed by atoms with van der Waals surface area (Å²) in [6, 6.07) is 6.78. The summed E-state index contributed by atoms with van der Waals surface area (Å²) in [5, 5.41) is 6.17. The first-order valence-electron chi connectivity index (χ1n) is 9.77. The number of hydrogen-bond acceptors (Lipinski definition) is 7. The number of nitrogens with one attached hydrogen (secondary N) is 2. The average Bonchev–Trinajstić information content (AvgIpc) is 3.40. The van der Waals surface area contributed by atoms with Gasteiger partial charge >= 0.3 is 0 Å². The van der Waals surface area contributed by atoms with E-state index in [4.69, 9.17) is 0 Å². The molecule has 2 saturated heterocycles. The number of pyridine rings is 1. The van der Waals surface area contributed by atoms with Crippen LogP contribution in [0.3, 0.4) is 0 Å². The Labute approximate surface area is 174 Å². The van der Waals surface area contributed by atoms with Crippen LogP contribution in [0.4, 0.5) is 34.9 Å². The van der Waals surface area contributed by atoms with Crippen LogP contribution in [0.5, 0.6) is 5.75 Å². The van der Waals surface area contributed by atoms with E-state index < -0.39 is 30.4 Å². The molecule has 4 heterocycles. The standard InChI is InChI=1S/C20H18F4N6O/c21-15(22)8-31-14-3-1-12(17(23)18(14)24)28-20-19-13(26-9-27-20)2-4-16(29-19)30-7-10-5-11(30)6-25-10/h1-4,9-11,15,25H,5-8H2,(H,26,27,28)/t10-,11-/m0/s1. The Morgan fingerprint density at radius 2 is 2.03 bits per heavy atom. The Morgan fingerprint density at radius 3 is 2.77 bits per heavy atom. The molecule has 0 unspecified atom stereocenters. The van der Waals surface area contributed by atoms with Gasteiger partial charge in [0.15, 0.2) is 17.4 Å². The minimum atomic E-state index is -2.80. The van der Waals surface area contributed by atoms with Gasteiger partial charge in [0, 0.05) is 25.2 Å². The first-order valence-corrected chi connectivity index (χ1v) is 9.77. The third-order valence-corrected chi connectivity index (χ3v) is 5.48. The van der Waals surface area contributed by atoms with Crippen LogP contribution >= 0.6 is 0 Å². The lowest BCUT2D eigenvalue weighted by Gasteiger charge is -2.28. The van der Waals surface area contributed by atoms with E-state index in [9.17, 15) is 17.6 Å². The number of piperazine rings is 1. The highest BCUT2D eigenvalue weighted by molar-refractivity contribution is 5.88. The van der Waals surface area contributed by atoms with E-state index >= 15 is 0 Å². The van der Waals surface area contributed by atoms with Gasteiger partial charge in [-0.15, -0.1) is 0 Å². The lowest BCUT2D eigenvalue weighted by atomic mass is 10.2. The highest BCUT2D eigenvalue weighted by atomic mass is 19.3. The maximum atomic E-state index is 14.5. The second-order valence-electron chi connectivity index (χ2n) is 7.47. The van der Waals surface area contributed by atoms with Crippen molar-refractivity contribution in [3.05, 3.63) is 42.2 Å². The van der Waals surface area contributed by atoms with Gasteiger partial charge in [-0.3, -0.25) is 0 Å². The fourth-order valence-corrected chi connectivity index (χ4v) is 4.04. The van der Waals surface area contributed by atoms with Gasteiger partial charge in [-0.1, -0.05) is 0 Å². The van der Waals surface area contributed by atoms with Crippen LogP contribution in [0.2, 0.25) is 0 Å². The van der Waals surface area contributed by atoms with Gasteiger partial charge in [0.2, 0.25) is 5.82 Å². The summed E-state index contributed by atoms with van der Waals surface area (Å²) in [6.45, 7) is 0.713. The number of aromatic nitrogens is 3. The molecule has 0 spiro atoms. The Balaban J connectivity index is 1.45. The largest absolute Gasteiger partial charge is 0.484 e. The van der Waals surface area contributed by atoms with Crippen molar-refractivity contribution in [2.45, 2.75) is 24.9 Å². The lowest BCUT2D eigenvalue weighted by Crippen LogP contribution is -2.44. The predicted molar refractivity (Wildman–Crippen MR) is 106 cm³/mol. The fourth-order valence-electron chi connectivity index (χ4n) is 4.04. The van der Waals surface area contributed by atoms with Crippen molar-refractivity contribution in [3.8, 4) is 5.75 Å². The third-order valence-electron chi connectivity index (χ3n) is 5.48. The second kappa shape index (κ2) is 7.80. The number of anilines is 3. The van der Waals surface area contributed by atoms with Crippen molar-refractivity contribution in [1.82, 2.24) is 20.3 Å². The summed E-state index contributed by atoms with van der Waals surface area (Å²) < 4.78 is 57.9. The number of ether oxygens (including phenoxy) is 1. The normalized spacial score (nSPS) is 20.1. The Hall–Kier alpha value is -3.21. The molecule has 0 amide bonds. The average molecular weight is 434 g/mol. The molecule has 0 radical (unpaired) electrons. The SMILES string of the molecule is Fc1c(Nc2ncnc3ccc(N4C[C@@H]5C[C@H]4CN5)nc23)ccc(OCC(F)F)c1F. The monoisotopic (exact) mass is 434 g/mol. The predicted octanol–water partition coefficient (Wildman–Crippen LogP) is 3.24. The van der Waals surface area contributed by atoms with Crippen molar-refractivity contribution in [2.24, 2.45) is 0 Å². The summed E-state index contributed by atoms with van der Waals surface area (Å²) in [5.74, 6) is -2.25. The van der Waals surface area contributed by atoms with Crippen LogP contribution in [0.15, 0.2) is 30.6 Å². The Kier molecular flexibility index (Phi) is 4.97. The van der Waals surface area contributed by atoms with Crippen LogP contribution in [-0.4, -0.2) is 53.2 Å². The molecule has 1 aromatic carbocycles. The van der Waals surface area contributed by atoms with Crippen molar-refractivity contribution in [3.63, 3.8) is 0 Å². The summed E-state index contributed by atoms with van der Waals surface area (Å²) in [5.41, 5.74) is 0.730. The van der Waals surface area contributed by atoms with E-state index in [1.807, 2.05) is 12.1 Å². The summed E-state index contributed by atoms with van der Waals surface area (Å²) in [4.78, 5) is 15.2. The fraction of sp³-hybridized carbons (Fsp3) is 0.350. The van der Waals surface area contributed by atoms with E-state index in [1.54, 1.807) is 0 Å². The van der Waals surface area contributed by atoms with E-state index in [-0.39, 0.29) is 11.5 Å². The molecule has 2 atom stereocenters. The molecule has 0 saturated carbocycles. The molecule has 2 bridgehead atoms. The van der Waals surface area contributed by atoms with Crippen LogP contribution < -0.4 is 20.3 Å². The number of alkyl halides is 2. The van der Waals surface area contributed by atoms with Gasteiger partial charge in [-0.05, 0) is 30.7 Å². The van der Waals surface area contributed by atoms with E-state index in [1.165, 1.54) is 12.4 Å². The molecule has 162 valence electrons. The van der Waals surface area contributed by atoms with Gasteiger partial charge in [-0.25, -0.2) is 28.1 Å². The van der Waals surface area contributed by atoms with E-state index in [0.717, 1.165) is 31.4 Å². The number of fused-ring (bicyclic) bond motifs is 3. The number of halogens is 4. The molecule has 11 heteroatoms. The highest BCUT2D eigenvalue weighted by Gasteiger charge is 2.38. The van der Waals surface area contributed by atoms with Gasteiger partial charge in [0.05, 0.1) is 11.2 Å². The van der Waals surface area contributed by atoms with Gasteiger partial charge in [-0.2, -0.15) is 4.39 Å². The Bertz CT molecular complexity index is 1130. The molecule has 3 aromatic rings. The van der Waals surface area contributed by atoms with Gasteiger partial charge < -0.3 is 20.3 Å². The minimum Gasteiger partial charge on any atom is -0.484 e. The third kappa shape index (κ3) is 3.69. The molecule has 2 aliphatic rings. The van der Waals surface area contributed by atoms with Crippen LogP contribution in [-0.2, 0) is 0 Å². The molecule has 2 aliphatic heterocycles. The van der Waals surface area contributed by atoms with Gasteiger partial charge in [0.1, 0.15) is 24.3 Å². The molecular weight excluding hydrogens is 416 g/mol. The van der Waals surface area contributed by atoms with Crippen LogP contribution in [0.1, 0.15) is 6.42 Å². The number of benzene rings is 1. The van der Waals surface area contributed by atoms with Gasteiger partial charge in [0.25, 0.3) is 6.43 Å². The van der Waals surface area contributed by atoms with Crippen LogP contribution in [0.25, 0.3) is 11.0 Å². The number of nitrogens with zero attached hydrogens (tertiary/aromatic N) is 4. The second-order valence-corrected chi connectivity index (χ2v) is 7.47. The number of rotatable bonds is 6. The van der Waals surface area contributed by atoms with E-state index in [0.29, 0.717) is 23.1 Å². The van der Waals surface area contributed by atoms with Crippen molar-refractivity contribution < 1.29 is 22.3 Å². The molecular formula is C20H18F4N6O. The van der Waals surface area contributed by atoms with Crippen molar-refractivity contribution >= 4 is 28.4 Å². The molecule has 2 fully saturated rings. The molecule has 7 nitrogen and oxygen atoms in total. The maximum Gasteiger partial charge on any atom is 0.272 e. The molecule has 5 rings (SSSR count). The van der Waals surface area contributed by atoms with Crippen LogP contribution in [0, 0.1) is 11.6 Å². The minimum absolute atomic E-state index is 0.203.